The molecule has 0 aliphatic rings. The Morgan fingerprint density at radius 3 is 2.36 bits per heavy atom. The second-order valence-electron chi connectivity index (χ2n) is 5.19. The molecule has 1 aromatic heterocycles. The van der Waals surface area contributed by atoms with Gasteiger partial charge in [-0.25, -0.2) is 13.6 Å². The number of anilines is 1. The molecule has 0 radical (unpaired) electrons. The number of carbonyl (C=O) groups excluding carboxylic acids is 1. The fourth-order valence-electron chi connectivity index (χ4n) is 1.98. The van der Waals surface area contributed by atoms with E-state index >= 15 is 0 Å². The number of nitrogens with zero attached hydrogens (tertiary/aromatic N) is 1. The number of amides is 1. The van der Waals surface area contributed by atoms with Gasteiger partial charge in [-0.3, -0.25) is 4.79 Å². The number of hydrogen-bond acceptors (Lipinski definition) is 5. The van der Waals surface area contributed by atoms with Crippen molar-refractivity contribution in [3.8, 4) is 0 Å². The van der Waals surface area contributed by atoms with E-state index in [-0.39, 0.29) is 16.7 Å². The molecule has 0 saturated heterocycles. The number of nitrogens with one attached hydrogen (secondary N) is 1. The summed E-state index contributed by atoms with van der Waals surface area (Å²) < 4.78 is 27.5. The lowest BCUT2D eigenvalue weighted by Crippen LogP contribution is -2.15. The van der Waals surface area contributed by atoms with Gasteiger partial charge in [-0.05, 0) is 31.2 Å². The molecule has 8 heteroatoms. The number of hydrogen-bond donors (Lipinski definition) is 2. The third kappa shape index (κ3) is 3.34. The minimum Gasteiger partial charge on any atom is -0.360 e. The number of rotatable bonds is 4. The highest BCUT2D eigenvalue weighted by Gasteiger charge is 2.22. The molecule has 0 saturated carbocycles. The number of sulfonamides is 1. The first kappa shape index (κ1) is 16.2. The van der Waals surface area contributed by atoms with Gasteiger partial charge in [0.25, 0.3) is 5.91 Å². The smallest absolute Gasteiger partial charge is 0.261 e. The average Bonchev–Trinajstić information content (AvgIpc) is 2.80. The number of carbonyl (C=O) groups is 1. The molecule has 2 aromatic rings. The van der Waals surface area contributed by atoms with E-state index in [4.69, 9.17) is 9.66 Å². The predicted octanol–water partition coefficient (Wildman–Crippen LogP) is 2.01. The molecular weight excluding hydrogens is 306 g/mol. The Balaban J connectivity index is 2.25. The van der Waals surface area contributed by atoms with Gasteiger partial charge in [-0.1, -0.05) is 19.0 Å². The first-order valence-corrected chi connectivity index (χ1v) is 8.15. The van der Waals surface area contributed by atoms with Crippen molar-refractivity contribution in [2.75, 3.05) is 5.32 Å². The van der Waals surface area contributed by atoms with Crippen LogP contribution in [0.15, 0.2) is 33.7 Å². The van der Waals surface area contributed by atoms with E-state index in [1.165, 1.54) is 24.3 Å². The summed E-state index contributed by atoms with van der Waals surface area (Å²) in [5.74, 6) is 0.175. The normalized spacial score (nSPS) is 11.7. The zero-order valence-electron chi connectivity index (χ0n) is 12.5. The maximum atomic E-state index is 12.3. The average molecular weight is 323 g/mol. The summed E-state index contributed by atoms with van der Waals surface area (Å²) in [6.07, 6.45) is 0. The topological polar surface area (TPSA) is 115 Å². The highest BCUT2D eigenvalue weighted by atomic mass is 32.2. The van der Waals surface area contributed by atoms with Crippen LogP contribution in [0.5, 0.6) is 0 Å². The van der Waals surface area contributed by atoms with E-state index in [9.17, 15) is 13.2 Å². The SMILES string of the molecule is Cc1noc(C(C)C)c1C(=O)Nc1ccc(S(N)(=O)=O)cc1. The van der Waals surface area contributed by atoms with Gasteiger partial charge < -0.3 is 9.84 Å². The van der Waals surface area contributed by atoms with Gasteiger partial charge >= 0.3 is 0 Å². The minimum atomic E-state index is -3.75. The molecule has 1 aromatic carbocycles. The van der Waals surface area contributed by atoms with Gasteiger partial charge in [0.2, 0.25) is 10.0 Å². The lowest BCUT2D eigenvalue weighted by atomic mass is 10.0. The largest absolute Gasteiger partial charge is 0.360 e. The number of nitrogens with two attached hydrogens (primary N) is 1. The molecule has 1 amide bonds. The third-order valence-electron chi connectivity index (χ3n) is 3.08. The van der Waals surface area contributed by atoms with Crippen LogP contribution < -0.4 is 10.5 Å². The van der Waals surface area contributed by atoms with Crippen molar-refractivity contribution in [3.63, 3.8) is 0 Å². The maximum Gasteiger partial charge on any atom is 0.261 e. The van der Waals surface area contributed by atoms with Crippen LogP contribution in [0.1, 0.15) is 41.6 Å². The van der Waals surface area contributed by atoms with Gasteiger partial charge in [0, 0.05) is 11.6 Å². The summed E-state index contributed by atoms with van der Waals surface area (Å²) >= 11 is 0. The van der Waals surface area contributed by atoms with Crippen LogP contribution >= 0.6 is 0 Å². The van der Waals surface area contributed by atoms with E-state index in [0.717, 1.165) is 0 Å². The molecule has 0 unspecified atom stereocenters. The summed E-state index contributed by atoms with van der Waals surface area (Å²) in [4.78, 5) is 12.3. The molecule has 0 aliphatic carbocycles. The van der Waals surface area contributed by atoms with Crippen molar-refractivity contribution in [1.82, 2.24) is 5.16 Å². The molecule has 3 N–H and O–H groups in total. The van der Waals surface area contributed by atoms with Crippen LogP contribution in [0.2, 0.25) is 0 Å². The minimum absolute atomic E-state index is 0.0190. The van der Waals surface area contributed by atoms with Crippen molar-refractivity contribution >= 4 is 21.6 Å². The Hall–Kier alpha value is -2.19. The van der Waals surface area contributed by atoms with Crippen LogP contribution in [0, 0.1) is 6.92 Å². The van der Waals surface area contributed by atoms with E-state index in [1.54, 1.807) is 6.92 Å². The van der Waals surface area contributed by atoms with Crippen LogP contribution in [0.4, 0.5) is 5.69 Å². The van der Waals surface area contributed by atoms with E-state index in [1.807, 2.05) is 13.8 Å². The first-order valence-electron chi connectivity index (χ1n) is 6.60. The number of primary sulfonamides is 1. The van der Waals surface area contributed by atoms with Crippen molar-refractivity contribution in [2.45, 2.75) is 31.6 Å². The molecule has 118 valence electrons. The van der Waals surface area contributed by atoms with Gasteiger partial charge in [0.15, 0.2) is 5.76 Å². The van der Waals surface area contributed by atoms with Crippen LogP contribution in [0.25, 0.3) is 0 Å². The zero-order chi connectivity index (χ0) is 16.5. The van der Waals surface area contributed by atoms with Gasteiger partial charge in [0.05, 0.1) is 10.6 Å². The molecule has 0 fully saturated rings. The lowest BCUT2D eigenvalue weighted by Gasteiger charge is -2.07. The zero-order valence-corrected chi connectivity index (χ0v) is 13.3. The predicted molar refractivity (Wildman–Crippen MR) is 81.1 cm³/mol. The highest BCUT2D eigenvalue weighted by Crippen LogP contribution is 2.23. The van der Waals surface area contributed by atoms with Gasteiger partial charge in [0.1, 0.15) is 5.56 Å². The molecular formula is C14H17N3O4S. The van der Waals surface area contributed by atoms with Crippen LogP contribution in [-0.4, -0.2) is 19.5 Å². The van der Waals surface area contributed by atoms with E-state index in [2.05, 4.69) is 10.5 Å². The Morgan fingerprint density at radius 2 is 1.86 bits per heavy atom. The lowest BCUT2D eigenvalue weighted by molar-refractivity contribution is 0.102. The van der Waals surface area contributed by atoms with Crippen molar-refractivity contribution in [2.24, 2.45) is 5.14 Å². The van der Waals surface area contributed by atoms with Crippen molar-refractivity contribution in [1.29, 1.82) is 0 Å². The fraction of sp³-hybridized carbons (Fsp3) is 0.286. The summed E-state index contributed by atoms with van der Waals surface area (Å²) in [5, 5.41) is 11.5. The summed E-state index contributed by atoms with van der Waals surface area (Å²) in [7, 11) is -3.75. The Kier molecular flexibility index (Phi) is 4.34. The highest BCUT2D eigenvalue weighted by molar-refractivity contribution is 7.89. The summed E-state index contributed by atoms with van der Waals surface area (Å²) in [6.45, 7) is 5.49. The molecule has 0 aliphatic heterocycles. The third-order valence-corrected chi connectivity index (χ3v) is 4.01. The summed E-state index contributed by atoms with van der Waals surface area (Å²) in [6, 6.07) is 5.59. The van der Waals surface area contributed by atoms with Crippen molar-refractivity contribution in [3.05, 3.63) is 41.3 Å². The number of aryl methyl sites for hydroxylation is 1. The fourth-order valence-corrected chi connectivity index (χ4v) is 2.49. The van der Waals surface area contributed by atoms with Crippen LogP contribution in [0.3, 0.4) is 0 Å². The Bertz CT molecular complexity index is 792. The maximum absolute atomic E-state index is 12.3. The molecule has 0 bridgehead atoms. The Morgan fingerprint density at radius 1 is 1.27 bits per heavy atom. The monoisotopic (exact) mass is 323 g/mol. The standard InChI is InChI=1S/C14H17N3O4S/c1-8(2)13-12(9(3)17-21-13)14(18)16-10-4-6-11(7-5-10)22(15,19)20/h4-8H,1-3H3,(H,16,18)(H2,15,19,20). The second kappa shape index (κ2) is 5.90. The molecule has 22 heavy (non-hydrogen) atoms. The molecule has 0 atom stereocenters. The molecule has 0 spiro atoms. The van der Waals surface area contributed by atoms with Crippen molar-refractivity contribution < 1.29 is 17.7 Å². The second-order valence-corrected chi connectivity index (χ2v) is 6.75. The van der Waals surface area contributed by atoms with Gasteiger partial charge in [-0.2, -0.15) is 0 Å². The first-order chi connectivity index (χ1) is 10.2. The Labute approximate surface area is 128 Å². The molecule has 1 heterocycles. The van der Waals surface area contributed by atoms with Gasteiger partial charge in [-0.15, -0.1) is 0 Å². The molecule has 7 nitrogen and oxygen atoms in total. The van der Waals surface area contributed by atoms with Crippen LogP contribution in [-0.2, 0) is 10.0 Å². The summed E-state index contributed by atoms with van der Waals surface area (Å²) in [5.41, 5.74) is 1.35. The van der Waals surface area contributed by atoms with E-state index < -0.39 is 10.0 Å². The number of benzene rings is 1. The van der Waals surface area contributed by atoms with E-state index in [0.29, 0.717) is 22.7 Å². The quantitative estimate of drug-likeness (QED) is 0.893. The number of aromatic nitrogens is 1. The molecule has 2 rings (SSSR count).